The number of fused-ring (bicyclic) bond motifs is 8. The molecule has 0 N–H and O–H groups in total. The molecule has 0 atom stereocenters. The van der Waals surface area contributed by atoms with Crippen molar-refractivity contribution in [2.24, 2.45) is 14.1 Å². The molecule has 9 rings (SSSR count). The molecular weight excluding hydrogens is 809 g/mol. The predicted molar refractivity (Wildman–Crippen MR) is 230 cm³/mol. The van der Waals surface area contributed by atoms with Gasteiger partial charge in [0.05, 0.1) is 44.8 Å². The molecule has 4 aromatic carbocycles. The first-order chi connectivity index (χ1) is 26.2. The van der Waals surface area contributed by atoms with Crippen molar-refractivity contribution in [2.75, 3.05) is 0 Å². The van der Waals surface area contributed by atoms with E-state index in [1.54, 1.807) is 0 Å². The maximum atomic E-state index is 6.42. The second-order valence-electron chi connectivity index (χ2n) is 13.3. The van der Waals surface area contributed by atoms with Crippen LogP contribution in [0.3, 0.4) is 0 Å². The molecule has 0 aliphatic carbocycles. The molecule has 4 nitrogen and oxygen atoms in total. The van der Waals surface area contributed by atoms with Crippen molar-refractivity contribution in [3.63, 3.8) is 0 Å². The number of rotatable bonds is 4. The van der Waals surface area contributed by atoms with E-state index in [-0.39, 0.29) is 16.8 Å². The summed E-state index contributed by atoms with van der Waals surface area (Å²) in [5.41, 5.74) is 15.2. The van der Waals surface area contributed by atoms with E-state index in [9.17, 15) is 0 Å². The zero-order valence-electron chi connectivity index (χ0n) is 29.5. The number of hydrogen-bond acceptors (Lipinski definition) is 2. The molecule has 55 heavy (non-hydrogen) atoms. The average Bonchev–Trinajstić information content (AvgIpc) is 3.99. The molecule has 9 heteroatoms. The van der Waals surface area contributed by atoms with Gasteiger partial charge in [-0.25, -0.2) is 9.97 Å². The fourth-order valence-corrected chi connectivity index (χ4v) is 7.99. The second-order valence-corrected chi connectivity index (χ2v) is 15.0. The molecule has 8 bridgehead atoms. The molecule has 0 spiro atoms. The minimum atomic E-state index is 0. The van der Waals surface area contributed by atoms with Crippen LogP contribution in [-0.2, 0) is 30.9 Å². The number of aromatic nitrogens is 4. The normalized spacial score (nSPS) is 11.9. The summed E-state index contributed by atoms with van der Waals surface area (Å²) in [7, 11) is 4.18. The average molecular weight is 840 g/mol. The largest absolute Gasteiger partial charge is 0.343 e. The Morgan fingerprint density at radius 3 is 0.727 bits per heavy atom. The van der Waals surface area contributed by atoms with Crippen molar-refractivity contribution in [1.82, 2.24) is 19.1 Å². The Morgan fingerprint density at radius 1 is 0.327 bits per heavy atom. The zero-order valence-corrected chi connectivity index (χ0v) is 33.6. The Kier molecular flexibility index (Phi) is 10.1. The molecule has 2 aliphatic rings. The van der Waals surface area contributed by atoms with Gasteiger partial charge >= 0.3 is 0 Å². The van der Waals surface area contributed by atoms with Crippen molar-refractivity contribution in [2.45, 2.75) is 0 Å². The van der Waals surface area contributed by atoms with Gasteiger partial charge in [0, 0.05) is 73.2 Å². The molecule has 5 heterocycles. The molecule has 0 fully saturated rings. The molecule has 0 amide bonds. The number of aryl methyl sites for hydroxylation is 2. The van der Waals surface area contributed by atoms with E-state index in [1.807, 2.05) is 97.1 Å². The van der Waals surface area contributed by atoms with Crippen LogP contribution < -0.4 is 0 Å². The molecule has 7 aromatic rings. The van der Waals surface area contributed by atoms with E-state index in [4.69, 9.17) is 56.4 Å². The number of halogens is 4. The van der Waals surface area contributed by atoms with Crippen molar-refractivity contribution in [1.29, 1.82) is 0 Å². The van der Waals surface area contributed by atoms with Gasteiger partial charge in [-0.3, -0.25) is 0 Å². The van der Waals surface area contributed by atoms with E-state index >= 15 is 0 Å². The van der Waals surface area contributed by atoms with Gasteiger partial charge in [-0.1, -0.05) is 94.9 Å². The van der Waals surface area contributed by atoms with Crippen molar-refractivity contribution in [3.8, 4) is 44.5 Å². The van der Waals surface area contributed by atoms with E-state index in [0.717, 1.165) is 89.4 Å². The third-order valence-corrected chi connectivity index (χ3v) is 11.1. The summed E-state index contributed by atoms with van der Waals surface area (Å²) >= 11 is 25.7. The van der Waals surface area contributed by atoms with E-state index in [0.29, 0.717) is 20.1 Å². The summed E-state index contributed by atoms with van der Waals surface area (Å²) in [6.07, 6.45) is 8.40. The van der Waals surface area contributed by atoms with E-state index in [2.05, 4.69) is 71.8 Å². The summed E-state index contributed by atoms with van der Waals surface area (Å²) in [6.45, 7) is 0. The van der Waals surface area contributed by atoms with Crippen LogP contribution >= 0.6 is 46.4 Å². The molecular formula is C46H30Cl4CoN4. The number of nitrogens with zero attached hydrogens (tertiary/aromatic N) is 4. The van der Waals surface area contributed by atoms with Crippen LogP contribution in [0.1, 0.15) is 22.8 Å². The summed E-state index contributed by atoms with van der Waals surface area (Å²) < 4.78 is 4.44. The Hall–Kier alpha value is -4.85. The first-order valence-corrected chi connectivity index (χ1v) is 18.9. The predicted octanol–water partition coefficient (Wildman–Crippen LogP) is 14.0. The van der Waals surface area contributed by atoms with Crippen LogP contribution in [0, 0.1) is 0 Å². The fraction of sp³-hybridized carbons (Fsp3) is 0.0435. The van der Waals surface area contributed by atoms with Crippen molar-refractivity contribution in [3.05, 3.63) is 164 Å². The Labute approximate surface area is 349 Å². The van der Waals surface area contributed by atoms with Gasteiger partial charge in [0.2, 0.25) is 0 Å². The molecule has 0 unspecified atom stereocenters. The molecule has 0 saturated heterocycles. The third kappa shape index (κ3) is 6.76. The van der Waals surface area contributed by atoms with Crippen molar-refractivity contribution >= 4 is 92.8 Å². The molecule has 3 aromatic heterocycles. The van der Waals surface area contributed by atoms with E-state index in [1.165, 1.54) is 0 Å². The summed E-state index contributed by atoms with van der Waals surface area (Å²) in [4.78, 5) is 10.8. The van der Waals surface area contributed by atoms with Crippen LogP contribution in [0.15, 0.2) is 121 Å². The van der Waals surface area contributed by atoms with Crippen LogP contribution in [0.2, 0.25) is 20.1 Å². The Bertz CT molecular complexity index is 2470. The maximum absolute atomic E-state index is 6.42. The van der Waals surface area contributed by atoms with Crippen LogP contribution in [0.4, 0.5) is 0 Å². The van der Waals surface area contributed by atoms with Gasteiger partial charge in [0.1, 0.15) is 0 Å². The first kappa shape index (κ1) is 37.1. The SMILES string of the molecule is Cn1c2ccc1c(-c1ccc(Cl)cc1)c1nc(c(-c3ccc(Cl)cc3)c3ccc(c(-c4ccc(Cl)cc4)c4nc(c2-c2ccc(Cl)cc2)C=C4)n3C)C=C1.[Co]. The summed E-state index contributed by atoms with van der Waals surface area (Å²) in [5, 5.41) is 2.67. The summed E-state index contributed by atoms with van der Waals surface area (Å²) in [5.74, 6) is 0. The minimum Gasteiger partial charge on any atom is -0.343 e. The quantitative estimate of drug-likeness (QED) is 0.177. The van der Waals surface area contributed by atoms with Crippen LogP contribution in [-0.4, -0.2) is 19.1 Å². The van der Waals surface area contributed by atoms with Gasteiger partial charge in [-0.05, 0) is 119 Å². The second kappa shape index (κ2) is 15.0. The third-order valence-electron chi connectivity index (χ3n) is 10.1. The van der Waals surface area contributed by atoms with Gasteiger partial charge in [-0.15, -0.1) is 0 Å². The molecule has 2 aliphatic heterocycles. The van der Waals surface area contributed by atoms with E-state index < -0.39 is 0 Å². The standard InChI is InChI=1S/C46H30Cl4N4.Co/c1-53-39-23-24-40(53)44(28-5-13-32(48)14-6-28)36-20-22-38(52-36)46(30-9-17-34(50)18-10-30)42-26-25-41(54(42)2)45(29-7-15-33(49)16-8-29)37-21-19-35(51-37)43(39)27-3-11-31(47)12-4-27;/h3-26H,1-2H3;. The van der Waals surface area contributed by atoms with Gasteiger partial charge in [0.15, 0.2) is 0 Å². The minimum absolute atomic E-state index is 0. The molecule has 271 valence electrons. The monoisotopic (exact) mass is 837 g/mol. The number of hydrogen-bond donors (Lipinski definition) is 0. The first-order valence-electron chi connectivity index (χ1n) is 17.4. The fourth-order valence-electron chi connectivity index (χ4n) is 7.48. The van der Waals surface area contributed by atoms with Crippen LogP contribution in [0.5, 0.6) is 0 Å². The molecule has 1 radical (unpaired) electrons. The Morgan fingerprint density at radius 2 is 0.527 bits per heavy atom. The molecule has 0 saturated carbocycles. The Balaban J connectivity index is 0.00000427. The van der Waals surface area contributed by atoms with Crippen LogP contribution in [0.25, 0.3) is 90.9 Å². The van der Waals surface area contributed by atoms with Gasteiger partial charge in [0.25, 0.3) is 0 Å². The topological polar surface area (TPSA) is 35.6 Å². The smallest absolute Gasteiger partial charge is 0.0737 e. The summed E-state index contributed by atoms with van der Waals surface area (Å²) in [6, 6.07) is 40.4. The van der Waals surface area contributed by atoms with Gasteiger partial charge in [-0.2, -0.15) is 0 Å². The zero-order chi connectivity index (χ0) is 37.1. The van der Waals surface area contributed by atoms with Crippen molar-refractivity contribution < 1.29 is 16.8 Å². The van der Waals surface area contributed by atoms with Gasteiger partial charge < -0.3 is 9.13 Å². The number of benzene rings is 4. The maximum Gasteiger partial charge on any atom is 0.0737 e.